The van der Waals surface area contributed by atoms with Gasteiger partial charge < -0.3 is 10.1 Å². The Hall–Kier alpha value is -1.96. The Kier molecular flexibility index (Phi) is 5.71. The maximum atomic E-state index is 12.4. The zero-order valence-corrected chi connectivity index (χ0v) is 16.7. The summed E-state index contributed by atoms with van der Waals surface area (Å²) in [7, 11) is 0. The van der Waals surface area contributed by atoms with E-state index in [1.807, 2.05) is 25.1 Å². The third-order valence-electron chi connectivity index (χ3n) is 4.54. The quantitative estimate of drug-likeness (QED) is 0.499. The Balaban J connectivity index is 1.48. The molecule has 0 bridgehead atoms. The molecule has 0 radical (unpaired) electrons. The van der Waals surface area contributed by atoms with Crippen LogP contribution in [0.1, 0.15) is 19.8 Å². The number of thioether (sulfide) groups is 1. The van der Waals surface area contributed by atoms with E-state index in [0.29, 0.717) is 6.54 Å². The summed E-state index contributed by atoms with van der Waals surface area (Å²) in [5.74, 6) is 0.0146. The first-order valence-corrected chi connectivity index (χ1v) is 10.8. The van der Waals surface area contributed by atoms with Crippen molar-refractivity contribution in [2.75, 3.05) is 13.2 Å². The molecule has 27 heavy (non-hydrogen) atoms. The molecular formula is C20H21N3O2S2. The van der Waals surface area contributed by atoms with Crippen LogP contribution in [0.3, 0.4) is 0 Å². The normalized spacial score (nSPS) is 17.9. The van der Waals surface area contributed by atoms with Crippen molar-refractivity contribution >= 4 is 39.2 Å². The van der Waals surface area contributed by atoms with Crippen LogP contribution >= 0.6 is 23.1 Å². The summed E-state index contributed by atoms with van der Waals surface area (Å²) in [5, 5.41) is 4.62. The van der Waals surface area contributed by atoms with Gasteiger partial charge in [0.15, 0.2) is 0 Å². The molecule has 2 aromatic heterocycles. The Morgan fingerprint density at radius 3 is 3.00 bits per heavy atom. The fraction of sp³-hybridized carbons (Fsp3) is 0.350. The van der Waals surface area contributed by atoms with Crippen LogP contribution in [0, 0.1) is 0 Å². The Morgan fingerprint density at radius 1 is 1.37 bits per heavy atom. The molecule has 1 amide bonds. The van der Waals surface area contributed by atoms with Crippen LogP contribution in [0.25, 0.3) is 20.7 Å². The van der Waals surface area contributed by atoms with Crippen LogP contribution in [0.15, 0.2) is 47.8 Å². The highest BCUT2D eigenvalue weighted by Gasteiger charge is 2.21. The summed E-state index contributed by atoms with van der Waals surface area (Å²) < 4.78 is 5.56. The zero-order chi connectivity index (χ0) is 18.6. The molecule has 4 rings (SSSR count). The van der Waals surface area contributed by atoms with Gasteiger partial charge in [-0.3, -0.25) is 4.79 Å². The van der Waals surface area contributed by atoms with Crippen LogP contribution in [0.4, 0.5) is 0 Å². The maximum absolute atomic E-state index is 12.4. The number of hydrogen-bond acceptors (Lipinski definition) is 6. The lowest BCUT2D eigenvalue weighted by Crippen LogP contribution is -2.36. The minimum atomic E-state index is -0.232. The molecule has 0 aliphatic carbocycles. The number of nitrogens with one attached hydrogen (secondary N) is 1. The van der Waals surface area contributed by atoms with Gasteiger partial charge in [-0.2, -0.15) is 0 Å². The highest BCUT2D eigenvalue weighted by molar-refractivity contribution is 8.00. The lowest BCUT2D eigenvalue weighted by molar-refractivity contribution is -0.120. The molecule has 1 saturated heterocycles. The van der Waals surface area contributed by atoms with Gasteiger partial charge in [0, 0.05) is 23.4 Å². The Labute approximate surface area is 166 Å². The number of benzene rings is 1. The summed E-state index contributed by atoms with van der Waals surface area (Å²) in [4.78, 5) is 23.4. The highest BCUT2D eigenvalue weighted by Crippen LogP contribution is 2.37. The number of rotatable bonds is 6. The van der Waals surface area contributed by atoms with Crippen molar-refractivity contribution < 1.29 is 9.53 Å². The molecule has 1 aliphatic rings. The van der Waals surface area contributed by atoms with E-state index in [4.69, 9.17) is 4.74 Å². The average Bonchev–Trinajstić information content (AvgIpc) is 3.37. The number of hydrogen-bond donors (Lipinski definition) is 1. The molecule has 3 aromatic rings. The van der Waals surface area contributed by atoms with Crippen molar-refractivity contribution in [3.05, 3.63) is 42.7 Å². The summed E-state index contributed by atoms with van der Waals surface area (Å²) in [6, 6.07) is 12.4. The number of ether oxygens (including phenoxy) is 1. The highest BCUT2D eigenvalue weighted by atomic mass is 32.2. The SMILES string of the molecule is C[C@H](Sc1ncnc2sc(-c3ccccc3)cc12)C(=O)NC[C@H]1CCCO1. The molecule has 7 heteroatoms. The molecule has 2 atom stereocenters. The van der Waals surface area contributed by atoms with Crippen molar-refractivity contribution in [3.8, 4) is 10.4 Å². The van der Waals surface area contributed by atoms with Gasteiger partial charge in [0.1, 0.15) is 16.2 Å². The lowest BCUT2D eigenvalue weighted by Gasteiger charge is -2.14. The predicted molar refractivity (Wildman–Crippen MR) is 110 cm³/mol. The molecule has 1 aromatic carbocycles. The summed E-state index contributed by atoms with van der Waals surface area (Å²) in [6.45, 7) is 3.29. The third-order valence-corrected chi connectivity index (χ3v) is 6.75. The molecule has 1 N–H and O–H groups in total. The second-order valence-electron chi connectivity index (χ2n) is 6.51. The number of nitrogens with zero attached hydrogens (tertiary/aromatic N) is 2. The Morgan fingerprint density at radius 2 is 2.22 bits per heavy atom. The van der Waals surface area contributed by atoms with E-state index in [0.717, 1.165) is 39.6 Å². The number of amides is 1. The number of aromatic nitrogens is 2. The molecule has 140 valence electrons. The number of fused-ring (bicyclic) bond motifs is 1. The van der Waals surface area contributed by atoms with Crippen LogP contribution in [0.2, 0.25) is 0 Å². The largest absolute Gasteiger partial charge is 0.376 e. The zero-order valence-electron chi connectivity index (χ0n) is 15.1. The van der Waals surface area contributed by atoms with Gasteiger partial charge in [-0.05, 0) is 31.4 Å². The fourth-order valence-corrected chi connectivity index (χ4v) is 5.04. The van der Waals surface area contributed by atoms with E-state index in [2.05, 4.69) is 33.5 Å². The molecule has 1 aliphatic heterocycles. The van der Waals surface area contributed by atoms with Crippen molar-refractivity contribution in [3.63, 3.8) is 0 Å². The van der Waals surface area contributed by atoms with E-state index in [-0.39, 0.29) is 17.3 Å². The summed E-state index contributed by atoms with van der Waals surface area (Å²) in [6.07, 6.45) is 3.83. The molecule has 3 heterocycles. The lowest BCUT2D eigenvalue weighted by atomic mass is 10.2. The van der Waals surface area contributed by atoms with Gasteiger partial charge in [0.25, 0.3) is 0 Å². The van der Waals surface area contributed by atoms with Gasteiger partial charge >= 0.3 is 0 Å². The molecule has 0 spiro atoms. The van der Waals surface area contributed by atoms with Crippen LogP contribution < -0.4 is 5.32 Å². The van der Waals surface area contributed by atoms with Crippen molar-refractivity contribution in [1.82, 2.24) is 15.3 Å². The maximum Gasteiger partial charge on any atom is 0.233 e. The van der Waals surface area contributed by atoms with E-state index in [1.165, 1.54) is 17.3 Å². The molecule has 1 fully saturated rings. The summed E-state index contributed by atoms with van der Waals surface area (Å²) in [5.41, 5.74) is 1.17. The number of carbonyl (C=O) groups excluding carboxylic acids is 1. The molecule has 0 saturated carbocycles. The van der Waals surface area contributed by atoms with Gasteiger partial charge in [0.05, 0.1) is 11.4 Å². The fourth-order valence-electron chi connectivity index (χ4n) is 3.06. The van der Waals surface area contributed by atoms with Crippen LogP contribution in [-0.2, 0) is 9.53 Å². The standard InChI is InChI=1S/C20H21N3O2S2/c1-13(18(24)21-11-15-8-5-9-25-15)26-19-16-10-17(14-6-3-2-4-7-14)27-20(16)23-12-22-19/h2-4,6-7,10,12-13,15H,5,8-9,11H2,1H3,(H,21,24)/t13-,15+/m0/s1. The second kappa shape index (κ2) is 8.37. The number of carbonyl (C=O) groups is 1. The van der Waals surface area contributed by atoms with Gasteiger partial charge in [-0.1, -0.05) is 42.1 Å². The van der Waals surface area contributed by atoms with Gasteiger partial charge in [-0.25, -0.2) is 9.97 Å². The first-order valence-electron chi connectivity index (χ1n) is 9.06. The smallest absolute Gasteiger partial charge is 0.233 e. The minimum Gasteiger partial charge on any atom is -0.376 e. The first kappa shape index (κ1) is 18.4. The third kappa shape index (κ3) is 4.31. The van der Waals surface area contributed by atoms with Gasteiger partial charge in [0.2, 0.25) is 5.91 Å². The van der Waals surface area contributed by atoms with Crippen LogP contribution in [0.5, 0.6) is 0 Å². The monoisotopic (exact) mass is 399 g/mol. The van der Waals surface area contributed by atoms with E-state index < -0.39 is 0 Å². The predicted octanol–water partition coefficient (Wildman–Crippen LogP) is 4.13. The van der Waals surface area contributed by atoms with E-state index >= 15 is 0 Å². The van der Waals surface area contributed by atoms with E-state index in [9.17, 15) is 4.79 Å². The summed E-state index contributed by atoms with van der Waals surface area (Å²) >= 11 is 3.12. The molecule has 5 nitrogen and oxygen atoms in total. The first-order chi connectivity index (χ1) is 13.2. The van der Waals surface area contributed by atoms with Crippen molar-refractivity contribution in [2.24, 2.45) is 0 Å². The van der Waals surface area contributed by atoms with Crippen LogP contribution in [-0.4, -0.2) is 40.4 Å². The Bertz CT molecular complexity index is 923. The second-order valence-corrected chi connectivity index (χ2v) is 8.87. The van der Waals surface area contributed by atoms with E-state index in [1.54, 1.807) is 17.7 Å². The minimum absolute atomic E-state index is 0.0146. The molecule has 0 unspecified atom stereocenters. The average molecular weight is 400 g/mol. The van der Waals surface area contributed by atoms with Crippen molar-refractivity contribution in [2.45, 2.75) is 36.1 Å². The van der Waals surface area contributed by atoms with Crippen molar-refractivity contribution in [1.29, 1.82) is 0 Å². The number of thiophene rings is 1. The molecular weight excluding hydrogens is 378 g/mol. The topological polar surface area (TPSA) is 64.1 Å². The van der Waals surface area contributed by atoms with Gasteiger partial charge in [-0.15, -0.1) is 11.3 Å².